The molecule has 0 atom stereocenters. The first kappa shape index (κ1) is 49.6. The van der Waals surface area contributed by atoms with Crippen LogP contribution in [0.15, 0.2) is 48.8 Å². The third-order valence-electron chi connectivity index (χ3n) is 1.77. The van der Waals surface area contributed by atoms with E-state index < -0.39 is 11.9 Å². The molecule has 14 heteroatoms. The van der Waals surface area contributed by atoms with Crippen LogP contribution in [0.5, 0.6) is 0 Å². The fraction of sp³-hybridized carbons (Fsp3) is 0. The summed E-state index contributed by atoms with van der Waals surface area (Å²) in [7, 11) is 0. The van der Waals surface area contributed by atoms with Gasteiger partial charge in [0.25, 0.3) is 0 Å². The molecule has 0 aromatic carbocycles. The van der Waals surface area contributed by atoms with Gasteiger partial charge in [0.15, 0.2) is 0 Å². The molecule has 0 fully saturated rings. The van der Waals surface area contributed by atoms with E-state index in [0.29, 0.717) is 0 Å². The van der Waals surface area contributed by atoms with Crippen molar-refractivity contribution in [3.05, 3.63) is 60.2 Å². The van der Waals surface area contributed by atoms with E-state index in [1.807, 2.05) is 0 Å². The number of rotatable bonds is 2. The van der Waals surface area contributed by atoms with Gasteiger partial charge in [-0.1, -0.05) is 12.1 Å². The van der Waals surface area contributed by atoms with Gasteiger partial charge >= 0.3 is 11.9 Å². The van der Waals surface area contributed by atoms with Gasteiger partial charge in [0.1, 0.15) is 11.4 Å². The molecule has 12 nitrogen and oxygen atoms in total. The van der Waals surface area contributed by atoms with Gasteiger partial charge < -0.3 is 43.1 Å². The predicted octanol–water partition coefficient (Wildman–Crippen LogP) is -2.97. The molecule has 2 rings (SSSR count). The molecule has 159 valence electrons. The molecule has 0 bridgehead atoms. The van der Waals surface area contributed by atoms with Crippen LogP contribution in [0.25, 0.3) is 0 Å². The molecule has 0 aliphatic heterocycles. The van der Waals surface area contributed by atoms with Crippen molar-refractivity contribution in [2.24, 2.45) is 0 Å². The largest absolute Gasteiger partial charge is 0.477 e. The smallest absolute Gasteiger partial charge is 0.354 e. The van der Waals surface area contributed by atoms with Crippen LogP contribution in [0.4, 0.5) is 0 Å². The van der Waals surface area contributed by atoms with Crippen LogP contribution in [0.1, 0.15) is 21.0 Å². The maximum Gasteiger partial charge on any atom is 0.354 e. The summed E-state index contributed by atoms with van der Waals surface area (Å²) in [6, 6.07) is 9.51. The van der Waals surface area contributed by atoms with E-state index in [9.17, 15) is 9.59 Å². The van der Waals surface area contributed by atoms with Crippen LogP contribution in [0.3, 0.4) is 0 Å². The Bertz CT molecular complexity index is 487. The number of carboxylic acids is 2. The van der Waals surface area contributed by atoms with Crippen LogP contribution in [0, 0.1) is 0 Å². The van der Waals surface area contributed by atoms with Gasteiger partial charge in [-0.2, -0.15) is 0 Å². The third-order valence-corrected chi connectivity index (χ3v) is 1.77. The van der Waals surface area contributed by atoms with Crippen molar-refractivity contribution in [1.29, 1.82) is 0 Å². The summed E-state index contributed by atoms with van der Waals surface area (Å²) < 4.78 is 0. The van der Waals surface area contributed by atoms with Crippen molar-refractivity contribution in [3.8, 4) is 0 Å². The first-order valence-corrected chi connectivity index (χ1v) is 4.90. The number of pyridine rings is 2. The second-order valence-electron chi connectivity index (χ2n) is 3.04. The summed E-state index contributed by atoms with van der Waals surface area (Å²) in [5.41, 5.74) is 0.162. The number of nitrogens with zero attached hydrogens (tertiary/aromatic N) is 2. The summed E-state index contributed by atoms with van der Waals surface area (Å²) in [6.45, 7) is 0. The number of hydrogen-bond donors (Lipinski definition) is 2. The third kappa shape index (κ3) is 19.9. The summed E-state index contributed by atoms with van der Waals surface area (Å²) in [4.78, 5) is 27.4. The fourth-order valence-electron chi connectivity index (χ4n) is 0.979. The van der Waals surface area contributed by atoms with Crippen molar-refractivity contribution in [1.82, 2.24) is 9.97 Å². The molecule has 2 aromatic rings. The molecule has 0 saturated heterocycles. The molecule has 14 N–H and O–H groups in total. The summed E-state index contributed by atoms with van der Waals surface area (Å²) >= 11 is 0. The molecule has 0 amide bonds. The fourth-order valence-corrected chi connectivity index (χ4v) is 0.979. The number of carbonyl (C=O) groups is 2. The standard InChI is InChI=1S/2C6H5NO2.ClH.Cu.6H2O/c2*8-6(9)5-3-1-2-4-7-5;;;;;;;;/h2*1-4H,(H,8,9);1H;;6*1H2. The molecule has 0 spiro atoms. The number of hydrogen-bond acceptors (Lipinski definition) is 4. The minimum Gasteiger partial charge on any atom is -0.477 e. The molecule has 26 heavy (non-hydrogen) atoms. The SMILES string of the molecule is Cl.O.O.O.O.O.O.O=C(O)c1ccccn1.O=C(O)c1ccccn1.[Cu]. The van der Waals surface area contributed by atoms with E-state index >= 15 is 0 Å². The molecule has 2 heterocycles. The molecule has 0 aliphatic rings. The van der Waals surface area contributed by atoms with E-state index in [0.717, 1.165) is 0 Å². The van der Waals surface area contributed by atoms with Crippen LogP contribution >= 0.6 is 12.4 Å². The van der Waals surface area contributed by atoms with Crippen LogP contribution in [0.2, 0.25) is 0 Å². The monoisotopic (exact) mass is 453 g/mol. The number of halogens is 1. The average Bonchev–Trinajstić information content (AvgIpc) is 2.41. The summed E-state index contributed by atoms with van der Waals surface area (Å²) in [5.74, 6) is -1.98. The first-order chi connectivity index (χ1) is 8.61. The number of aromatic nitrogens is 2. The van der Waals surface area contributed by atoms with E-state index in [1.165, 1.54) is 24.5 Å². The average molecular weight is 454 g/mol. The maximum atomic E-state index is 10.1. The normalized spacial score (nSPS) is 6.15. The Morgan fingerprint density at radius 3 is 1.04 bits per heavy atom. The van der Waals surface area contributed by atoms with E-state index in [-0.39, 0.29) is 73.7 Å². The predicted molar refractivity (Wildman–Crippen MR) is 91.3 cm³/mol. The Morgan fingerprint density at radius 2 is 0.923 bits per heavy atom. The van der Waals surface area contributed by atoms with Gasteiger partial charge in [-0.05, 0) is 24.3 Å². The quantitative estimate of drug-likeness (QED) is 0.446. The van der Waals surface area contributed by atoms with E-state index in [2.05, 4.69) is 9.97 Å². The minimum absolute atomic E-state index is 0. The van der Waals surface area contributed by atoms with E-state index in [4.69, 9.17) is 10.2 Å². The van der Waals surface area contributed by atoms with Gasteiger partial charge in [0.05, 0.1) is 0 Å². The van der Waals surface area contributed by atoms with Crippen molar-refractivity contribution in [2.75, 3.05) is 0 Å². The Morgan fingerprint density at radius 1 is 0.654 bits per heavy atom. The molecule has 0 unspecified atom stereocenters. The molecule has 0 saturated carbocycles. The number of aromatic carboxylic acids is 2. The maximum absolute atomic E-state index is 10.1. The summed E-state index contributed by atoms with van der Waals surface area (Å²) in [5, 5.41) is 16.6. The zero-order chi connectivity index (χ0) is 13.4. The molecule has 0 aliphatic carbocycles. The van der Waals surface area contributed by atoms with Gasteiger partial charge in [-0.15, -0.1) is 12.4 Å². The topological polar surface area (TPSA) is 289 Å². The van der Waals surface area contributed by atoms with Crippen LogP contribution in [-0.4, -0.2) is 65.0 Å². The Kier molecular flexibility index (Phi) is 52.7. The van der Waals surface area contributed by atoms with Crippen molar-refractivity contribution in [2.45, 2.75) is 0 Å². The molecular formula is C12H23ClCuN2O10. The zero-order valence-electron chi connectivity index (χ0n) is 12.9. The zero-order valence-corrected chi connectivity index (χ0v) is 14.7. The molecule has 1 radical (unpaired) electrons. The summed E-state index contributed by atoms with van der Waals surface area (Å²) in [6.07, 6.45) is 2.90. The van der Waals surface area contributed by atoms with Crippen molar-refractivity contribution >= 4 is 24.3 Å². The molecule has 2 aromatic heterocycles. The van der Waals surface area contributed by atoms with Crippen molar-refractivity contribution < 1.29 is 69.7 Å². The van der Waals surface area contributed by atoms with Crippen LogP contribution in [-0.2, 0) is 17.1 Å². The molecular weight excluding hydrogens is 431 g/mol. The van der Waals surface area contributed by atoms with Crippen LogP contribution < -0.4 is 0 Å². The number of carboxylic acid groups (broad SMARTS) is 2. The minimum atomic E-state index is -0.990. The van der Waals surface area contributed by atoms with Crippen molar-refractivity contribution in [3.63, 3.8) is 0 Å². The van der Waals surface area contributed by atoms with Gasteiger partial charge in [-0.3, -0.25) is 0 Å². The second-order valence-corrected chi connectivity index (χ2v) is 3.04. The second kappa shape index (κ2) is 27.6. The van der Waals surface area contributed by atoms with Gasteiger partial charge in [0.2, 0.25) is 0 Å². The van der Waals surface area contributed by atoms with Gasteiger partial charge in [-0.25, -0.2) is 19.6 Å². The first-order valence-electron chi connectivity index (χ1n) is 4.90. The Hall–Kier alpha value is -2.19. The Labute approximate surface area is 164 Å². The van der Waals surface area contributed by atoms with Gasteiger partial charge in [0, 0.05) is 29.5 Å². The Balaban J connectivity index is -0.0000000318. The van der Waals surface area contributed by atoms with E-state index in [1.54, 1.807) is 24.3 Å².